The van der Waals surface area contributed by atoms with Gasteiger partial charge in [0.2, 0.25) is 0 Å². The summed E-state index contributed by atoms with van der Waals surface area (Å²) in [6, 6.07) is 9.82. The summed E-state index contributed by atoms with van der Waals surface area (Å²) in [6.45, 7) is 1.92. The van der Waals surface area contributed by atoms with E-state index in [1.165, 1.54) is 5.57 Å². The average Bonchev–Trinajstić information content (AvgIpc) is 2.31. The van der Waals surface area contributed by atoms with Crippen molar-refractivity contribution in [3.63, 3.8) is 0 Å². The van der Waals surface area contributed by atoms with Crippen molar-refractivity contribution in [3.05, 3.63) is 40.4 Å². The Morgan fingerprint density at radius 3 is 2.59 bits per heavy atom. The van der Waals surface area contributed by atoms with Gasteiger partial charge in [0.05, 0.1) is 11.6 Å². The van der Waals surface area contributed by atoms with Crippen LogP contribution in [0.2, 0.25) is 5.02 Å². The van der Waals surface area contributed by atoms with Crippen molar-refractivity contribution in [1.82, 2.24) is 5.32 Å². The molecule has 0 atom stereocenters. The third-order valence-electron chi connectivity index (χ3n) is 2.79. The molecule has 0 aliphatic carbocycles. The second-order valence-electron chi connectivity index (χ2n) is 3.85. The molecule has 2 nitrogen and oxygen atoms in total. The first-order valence-electron chi connectivity index (χ1n) is 5.40. The Bertz CT molecular complexity index is 453. The summed E-state index contributed by atoms with van der Waals surface area (Å²) in [4.78, 5) is 0. The van der Waals surface area contributed by atoms with Crippen molar-refractivity contribution in [1.29, 1.82) is 5.26 Å². The van der Waals surface area contributed by atoms with Gasteiger partial charge in [-0.25, -0.2) is 0 Å². The maximum Gasteiger partial charge on any atom is 0.0997 e. The predicted octanol–water partition coefficient (Wildman–Crippen LogP) is 3.42. The molecular formula is C13H14Cl2N2. The van der Waals surface area contributed by atoms with Crippen LogP contribution in [0.3, 0.4) is 0 Å². The minimum atomic E-state index is 0. The van der Waals surface area contributed by atoms with Crippen molar-refractivity contribution < 1.29 is 0 Å². The van der Waals surface area contributed by atoms with E-state index in [-0.39, 0.29) is 12.4 Å². The van der Waals surface area contributed by atoms with E-state index in [0.29, 0.717) is 5.02 Å². The van der Waals surface area contributed by atoms with Crippen LogP contribution in [0.15, 0.2) is 29.8 Å². The molecule has 0 radical (unpaired) electrons. The van der Waals surface area contributed by atoms with E-state index in [1.54, 1.807) is 0 Å². The molecule has 1 saturated heterocycles. The highest BCUT2D eigenvalue weighted by Crippen LogP contribution is 2.25. The van der Waals surface area contributed by atoms with Gasteiger partial charge < -0.3 is 5.32 Å². The largest absolute Gasteiger partial charge is 0.316 e. The minimum Gasteiger partial charge on any atom is -0.316 e. The van der Waals surface area contributed by atoms with Crippen LogP contribution >= 0.6 is 24.0 Å². The van der Waals surface area contributed by atoms with Gasteiger partial charge in [0, 0.05) is 5.02 Å². The molecule has 0 spiro atoms. The first-order valence-corrected chi connectivity index (χ1v) is 5.78. The van der Waals surface area contributed by atoms with E-state index in [0.717, 1.165) is 37.1 Å². The third kappa shape index (κ3) is 3.47. The van der Waals surface area contributed by atoms with E-state index in [9.17, 15) is 5.26 Å². The summed E-state index contributed by atoms with van der Waals surface area (Å²) in [5.74, 6) is 0. The number of hydrogen-bond acceptors (Lipinski definition) is 2. The van der Waals surface area contributed by atoms with Gasteiger partial charge in [0.15, 0.2) is 0 Å². The van der Waals surface area contributed by atoms with Crippen molar-refractivity contribution in [2.24, 2.45) is 0 Å². The molecular weight excluding hydrogens is 255 g/mol. The molecule has 2 rings (SSSR count). The molecule has 4 heteroatoms. The molecule has 0 bridgehead atoms. The number of allylic oxidation sites excluding steroid dienone is 1. The average molecular weight is 269 g/mol. The quantitative estimate of drug-likeness (QED) is 0.793. The van der Waals surface area contributed by atoms with Gasteiger partial charge in [-0.15, -0.1) is 12.4 Å². The Hall–Kier alpha value is -1.01. The topological polar surface area (TPSA) is 35.8 Å². The Kier molecular flexibility index (Phi) is 5.50. The van der Waals surface area contributed by atoms with Crippen molar-refractivity contribution in [2.75, 3.05) is 13.1 Å². The predicted molar refractivity (Wildman–Crippen MR) is 73.3 cm³/mol. The Balaban J connectivity index is 0.00000144. The Labute approximate surface area is 113 Å². The standard InChI is InChI=1S/C13H13ClN2.ClH/c14-12-3-1-2-11(8-12)13(9-15)10-4-6-16-7-5-10;/h1-3,8,16H,4-7H2;1H. The van der Waals surface area contributed by atoms with E-state index < -0.39 is 0 Å². The number of halogens is 2. The van der Waals surface area contributed by atoms with E-state index in [4.69, 9.17) is 11.6 Å². The lowest BCUT2D eigenvalue weighted by molar-refractivity contribution is 0.612. The number of nitrogens with one attached hydrogen (secondary N) is 1. The van der Waals surface area contributed by atoms with Crippen molar-refractivity contribution in [3.8, 4) is 6.07 Å². The Morgan fingerprint density at radius 1 is 1.29 bits per heavy atom. The number of nitriles is 1. The van der Waals surface area contributed by atoms with E-state index in [2.05, 4.69) is 11.4 Å². The molecule has 0 aromatic heterocycles. The minimum absolute atomic E-state index is 0. The lowest BCUT2D eigenvalue weighted by Crippen LogP contribution is -2.23. The van der Waals surface area contributed by atoms with Gasteiger partial charge in [-0.1, -0.05) is 23.7 Å². The summed E-state index contributed by atoms with van der Waals surface area (Å²) >= 11 is 5.94. The summed E-state index contributed by atoms with van der Waals surface area (Å²) in [5, 5.41) is 13.2. The zero-order valence-corrected chi connectivity index (χ0v) is 10.9. The molecule has 0 amide bonds. The highest BCUT2D eigenvalue weighted by molar-refractivity contribution is 6.30. The van der Waals surface area contributed by atoms with Gasteiger partial charge in [-0.3, -0.25) is 0 Å². The van der Waals surface area contributed by atoms with Crippen LogP contribution in [-0.2, 0) is 0 Å². The van der Waals surface area contributed by atoms with Crippen LogP contribution in [-0.4, -0.2) is 13.1 Å². The molecule has 1 aromatic carbocycles. The summed E-state index contributed by atoms with van der Waals surface area (Å²) in [7, 11) is 0. The lowest BCUT2D eigenvalue weighted by atomic mass is 9.95. The van der Waals surface area contributed by atoms with Gasteiger partial charge >= 0.3 is 0 Å². The molecule has 0 unspecified atom stereocenters. The smallest absolute Gasteiger partial charge is 0.0997 e. The second-order valence-corrected chi connectivity index (χ2v) is 4.29. The fourth-order valence-electron chi connectivity index (χ4n) is 1.97. The summed E-state index contributed by atoms with van der Waals surface area (Å²) < 4.78 is 0. The van der Waals surface area contributed by atoms with E-state index >= 15 is 0 Å². The van der Waals surface area contributed by atoms with Crippen LogP contribution in [0.1, 0.15) is 18.4 Å². The van der Waals surface area contributed by atoms with Crippen LogP contribution in [0.5, 0.6) is 0 Å². The summed E-state index contributed by atoms with van der Waals surface area (Å²) in [5.41, 5.74) is 2.97. The van der Waals surface area contributed by atoms with Gasteiger partial charge in [0.1, 0.15) is 0 Å². The highest BCUT2D eigenvalue weighted by Gasteiger charge is 2.12. The van der Waals surface area contributed by atoms with Gasteiger partial charge in [0.25, 0.3) is 0 Å². The van der Waals surface area contributed by atoms with Crippen LogP contribution in [0.25, 0.3) is 5.57 Å². The lowest BCUT2D eigenvalue weighted by Gasteiger charge is -2.17. The molecule has 17 heavy (non-hydrogen) atoms. The van der Waals surface area contributed by atoms with E-state index in [1.807, 2.05) is 24.3 Å². The summed E-state index contributed by atoms with van der Waals surface area (Å²) in [6.07, 6.45) is 1.91. The second kappa shape index (κ2) is 6.66. The maximum absolute atomic E-state index is 9.25. The fourth-order valence-corrected chi connectivity index (χ4v) is 2.16. The monoisotopic (exact) mass is 268 g/mol. The Morgan fingerprint density at radius 2 is 2.00 bits per heavy atom. The molecule has 1 heterocycles. The van der Waals surface area contributed by atoms with Crippen molar-refractivity contribution in [2.45, 2.75) is 12.8 Å². The molecule has 1 aliphatic rings. The molecule has 1 N–H and O–H groups in total. The highest BCUT2D eigenvalue weighted by atomic mass is 35.5. The zero-order chi connectivity index (χ0) is 11.4. The molecule has 0 saturated carbocycles. The number of benzene rings is 1. The number of nitrogens with zero attached hydrogens (tertiary/aromatic N) is 1. The molecule has 90 valence electrons. The molecule has 1 aliphatic heterocycles. The number of piperidine rings is 1. The molecule has 1 aromatic rings. The number of hydrogen-bond donors (Lipinski definition) is 1. The maximum atomic E-state index is 9.25. The van der Waals surface area contributed by atoms with Crippen LogP contribution < -0.4 is 5.32 Å². The van der Waals surface area contributed by atoms with Gasteiger partial charge in [-0.2, -0.15) is 5.26 Å². The van der Waals surface area contributed by atoms with Gasteiger partial charge in [-0.05, 0) is 49.2 Å². The first-order chi connectivity index (χ1) is 7.81. The number of rotatable bonds is 1. The fraction of sp³-hybridized carbons (Fsp3) is 0.308. The third-order valence-corrected chi connectivity index (χ3v) is 3.02. The SMILES string of the molecule is Cl.N#CC(=C1CCNCC1)c1cccc(Cl)c1. The molecule has 1 fully saturated rings. The van der Waals surface area contributed by atoms with Crippen LogP contribution in [0, 0.1) is 11.3 Å². The first kappa shape index (κ1) is 14.1. The normalized spacial score (nSPS) is 14.7. The zero-order valence-electron chi connectivity index (χ0n) is 9.37. The van der Waals surface area contributed by atoms with Crippen molar-refractivity contribution >= 4 is 29.6 Å². The van der Waals surface area contributed by atoms with Crippen LogP contribution in [0.4, 0.5) is 0 Å².